The van der Waals surface area contributed by atoms with Gasteiger partial charge >= 0.3 is 5.97 Å². The first-order valence-corrected chi connectivity index (χ1v) is 7.54. The molecule has 2 rings (SSSR count). The van der Waals surface area contributed by atoms with Gasteiger partial charge in [0.05, 0.1) is 5.41 Å². The Hall–Kier alpha value is -1.55. The predicted molar refractivity (Wildman–Crippen MR) is 82.7 cm³/mol. The number of rotatable bonds is 5. The van der Waals surface area contributed by atoms with E-state index in [9.17, 15) is 4.79 Å². The number of hydrogen-bond donors (Lipinski definition) is 1. The van der Waals surface area contributed by atoms with Crippen molar-refractivity contribution < 1.29 is 14.6 Å². The molecule has 1 heterocycles. The summed E-state index contributed by atoms with van der Waals surface area (Å²) in [6.07, 6.45) is 2.94. The number of carboxylic acids is 1. The molecule has 0 spiro atoms. The highest BCUT2D eigenvalue weighted by atomic mass is 16.5. The molecule has 0 radical (unpaired) electrons. The van der Waals surface area contributed by atoms with E-state index in [0.717, 1.165) is 37.2 Å². The van der Waals surface area contributed by atoms with Crippen LogP contribution in [0.1, 0.15) is 32.3 Å². The van der Waals surface area contributed by atoms with Gasteiger partial charge in [0.2, 0.25) is 0 Å². The fourth-order valence-corrected chi connectivity index (χ4v) is 2.57. The minimum atomic E-state index is -0.769. The van der Waals surface area contributed by atoms with Crippen LogP contribution in [0.5, 0.6) is 5.75 Å². The average molecular weight is 291 g/mol. The van der Waals surface area contributed by atoms with E-state index >= 15 is 0 Å². The van der Waals surface area contributed by atoms with Gasteiger partial charge in [-0.15, -0.1) is 0 Å². The zero-order chi connectivity index (χ0) is 15.5. The number of aliphatic carboxylic acids is 1. The lowest BCUT2D eigenvalue weighted by Gasteiger charge is -2.29. The second kappa shape index (κ2) is 6.48. The molecule has 0 atom stereocenters. The highest BCUT2D eigenvalue weighted by Crippen LogP contribution is 2.24. The lowest BCUT2D eigenvalue weighted by atomic mass is 9.86. The number of carbonyl (C=O) groups is 1. The van der Waals surface area contributed by atoms with Crippen LogP contribution < -0.4 is 4.74 Å². The third kappa shape index (κ3) is 4.46. The molecule has 1 saturated heterocycles. The van der Waals surface area contributed by atoms with E-state index in [2.05, 4.69) is 11.9 Å². The number of ether oxygens (including phenoxy) is 1. The van der Waals surface area contributed by atoms with Crippen molar-refractivity contribution in [3.05, 3.63) is 29.8 Å². The molecule has 21 heavy (non-hydrogen) atoms. The Kier molecular flexibility index (Phi) is 4.88. The summed E-state index contributed by atoms with van der Waals surface area (Å²) in [5, 5.41) is 9.17. The maximum Gasteiger partial charge on any atom is 0.309 e. The summed E-state index contributed by atoms with van der Waals surface area (Å²) in [6.45, 7) is 5.65. The summed E-state index contributed by atoms with van der Waals surface area (Å²) >= 11 is 0. The van der Waals surface area contributed by atoms with Crippen molar-refractivity contribution in [1.29, 1.82) is 0 Å². The van der Waals surface area contributed by atoms with Crippen LogP contribution in [0.15, 0.2) is 24.3 Å². The number of piperidine rings is 1. The number of benzene rings is 1. The van der Waals surface area contributed by atoms with Gasteiger partial charge in [-0.2, -0.15) is 0 Å². The van der Waals surface area contributed by atoms with E-state index in [-0.39, 0.29) is 0 Å². The molecular formula is C17H25NO3. The molecule has 1 aromatic rings. The van der Waals surface area contributed by atoms with Crippen LogP contribution in [0.25, 0.3) is 0 Å². The molecule has 1 fully saturated rings. The van der Waals surface area contributed by atoms with Crippen molar-refractivity contribution in [3.8, 4) is 5.75 Å². The Morgan fingerprint density at radius 3 is 2.38 bits per heavy atom. The summed E-state index contributed by atoms with van der Waals surface area (Å²) in [7, 11) is 2.13. The van der Waals surface area contributed by atoms with Crippen molar-refractivity contribution in [1.82, 2.24) is 4.90 Å². The van der Waals surface area contributed by atoms with E-state index in [1.807, 2.05) is 24.3 Å². The summed E-state index contributed by atoms with van der Waals surface area (Å²) in [5.74, 6) is 0.107. The monoisotopic (exact) mass is 291 g/mol. The van der Waals surface area contributed by atoms with Gasteiger partial charge in [-0.1, -0.05) is 12.1 Å². The van der Waals surface area contributed by atoms with Gasteiger partial charge in [0.15, 0.2) is 0 Å². The van der Waals surface area contributed by atoms with Gasteiger partial charge in [-0.05, 0) is 57.9 Å². The second-order valence-corrected chi connectivity index (χ2v) is 6.63. The van der Waals surface area contributed by atoms with Crippen molar-refractivity contribution in [2.24, 2.45) is 5.41 Å². The summed E-state index contributed by atoms with van der Waals surface area (Å²) in [4.78, 5) is 13.5. The molecular weight excluding hydrogens is 266 g/mol. The molecule has 4 nitrogen and oxygen atoms in total. The molecule has 0 aliphatic carbocycles. The third-order valence-corrected chi connectivity index (χ3v) is 4.12. The number of likely N-dealkylation sites (tertiary alicyclic amines) is 1. The van der Waals surface area contributed by atoms with Crippen molar-refractivity contribution in [2.45, 2.75) is 39.2 Å². The highest BCUT2D eigenvalue weighted by molar-refractivity contribution is 5.74. The normalized spacial score (nSPS) is 17.7. The average Bonchev–Trinajstić information content (AvgIpc) is 2.43. The number of hydrogen-bond acceptors (Lipinski definition) is 3. The molecule has 0 saturated carbocycles. The summed E-state index contributed by atoms with van der Waals surface area (Å²) in [6, 6.07) is 7.83. The summed E-state index contributed by atoms with van der Waals surface area (Å²) < 4.78 is 5.99. The second-order valence-electron chi connectivity index (χ2n) is 6.63. The van der Waals surface area contributed by atoms with Gasteiger partial charge in [0.25, 0.3) is 0 Å². The molecule has 0 bridgehead atoms. The minimum absolute atomic E-state index is 0.294. The van der Waals surface area contributed by atoms with Crippen LogP contribution in [-0.2, 0) is 11.2 Å². The molecule has 0 aromatic heterocycles. The highest BCUT2D eigenvalue weighted by Gasteiger charge is 2.27. The Labute approximate surface area is 126 Å². The summed E-state index contributed by atoms with van der Waals surface area (Å²) in [5.41, 5.74) is 0.286. The maximum atomic E-state index is 11.2. The fourth-order valence-electron chi connectivity index (χ4n) is 2.57. The molecule has 1 N–H and O–H groups in total. The zero-order valence-corrected chi connectivity index (χ0v) is 13.1. The molecule has 4 heteroatoms. The molecule has 1 aliphatic rings. The first-order chi connectivity index (χ1) is 9.87. The molecule has 0 amide bonds. The minimum Gasteiger partial charge on any atom is -0.490 e. The topological polar surface area (TPSA) is 49.8 Å². The smallest absolute Gasteiger partial charge is 0.309 e. The van der Waals surface area contributed by atoms with Crippen LogP contribution in [-0.4, -0.2) is 42.2 Å². The number of nitrogens with zero attached hydrogens (tertiary/aromatic N) is 1. The van der Waals surface area contributed by atoms with Crippen molar-refractivity contribution in [3.63, 3.8) is 0 Å². The SMILES string of the molecule is CN1CCC(Oc2ccc(CC(C)(C)C(=O)O)cc2)CC1. The number of carboxylic acid groups (broad SMARTS) is 1. The zero-order valence-electron chi connectivity index (χ0n) is 13.1. The maximum absolute atomic E-state index is 11.2. The molecule has 1 aliphatic heterocycles. The lowest BCUT2D eigenvalue weighted by molar-refractivity contribution is -0.146. The van der Waals surface area contributed by atoms with E-state index in [0.29, 0.717) is 12.5 Å². The third-order valence-electron chi connectivity index (χ3n) is 4.12. The van der Waals surface area contributed by atoms with E-state index in [1.165, 1.54) is 0 Å². The first kappa shape index (κ1) is 15.8. The van der Waals surface area contributed by atoms with Crippen LogP contribution in [0.4, 0.5) is 0 Å². The standard InChI is InChI=1S/C17H25NO3/c1-17(2,16(19)20)12-13-4-6-14(7-5-13)21-15-8-10-18(3)11-9-15/h4-7,15H,8-12H2,1-3H3,(H,19,20). The van der Waals surface area contributed by atoms with Crippen LogP contribution in [0, 0.1) is 5.41 Å². The van der Waals surface area contributed by atoms with Gasteiger partial charge in [0, 0.05) is 13.1 Å². The van der Waals surface area contributed by atoms with Crippen LogP contribution in [0.3, 0.4) is 0 Å². The van der Waals surface area contributed by atoms with Crippen LogP contribution >= 0.6 is 0 Å². The van der Waals surface area contributed by atoms with Gasteiger partial charge in [0.1, 0.15) is 11.9 Å². The Balaban J connectivity index is 1.91. The fraction of sp³-hybridized carbons (Fsp3) is 0.588. The van der Waals surface area contributed by atoms with E-state index in [1.54, 1.807) is 13.8 Å². The van der Waals surface area contributed by atoms with Crippen molar-refractivity contribution in [2.75, 3.05) is 20.1 Å². The Bertz CT molecular complexity index is 473. The largest absolute Gasteiger partial charge is 0.490 e. The quantitative estimate of drug-likeness (QED) is 0.906. The van der Waals surface area contributed by atoms with Crippen LogP contribution in [0.2, 0.25) is 0 Å². The van der Waals surface area contributed by atoms with Gasteiger partial charge in [-0.3, -0.25) is 4.79 Å². The van der Waals surface area contributed by atoms with Crippen molar-refractivity contribution >= 4 is 5.97 Å². The van der Waals surface area contributed by atoms with E-state index in [4.69, 9.17) is 9.84 Å². The Morgan fingerprint density at radius 2 is 1.86 bits per heavy atom. The Morgan fingerprint density at radius 1 is 1.29 bits per heavy atom. The molecule has 1 aromatic carbocycles. The van der Waals surface area contributed by atoms with Gasteiger partial charge in [-0.25, -0.2) is 0 Å². The predicted octanol–water partition coefficient (Wildman–Crippen LogP) is 2.81. The van der Waals surface area contributed by atoms with E-state index < -0.39 is 11.4 Å². The molecule has 116 valence electrons. The molecule has 0 unspecified atom stereocenters. The van der Waals surface area contributed by atoms with Gasteiger partial charge < -0.3 is 14.7 Å². The lowest BCUT2D eigenvalue weighted by Crippen LogP contribution is -2.35. The first-order valence-electron chi connectivity index (χ1n) is 7.54.